The highest BCUT2D eigenvalue weighted by atomic mass is 32.2. The Labute approximate surface area is 164 Å². The van der Waals surface area contributed by atoms with E-state index in [1.54, 1.807) is 26.0 Å². The van der Waals surface area contributed by atoms with E-state index in [4.69, 9.17) is 14.2 Å². The van der Waals surface area contributed by atoms with Crippen molar-refractivity contribution in [3.63, 3.8) is 0 Å². The first-order valence-electron chi connectivity index (χ1n) is 8.65. The molecule has 1 aliphatic rings. The molecule has 0 radical (unpaired) electrons. The molecular formula is C18H26N2O7S. The lowest BCUT2D eigenvalue weighted by molar-refractivity contribution is -0.163. The lowest BCUT2D eigenvalue weighted by Crippen LogP contribution is -2.58. The third-order valence-electron chi connectivity index (χ3n) is 4.32. The fourth-order valence-electron chi connectivity index (χ4n) is 2.49. The van der Waals surface area contributed by atoms with Gasteiger partial charge >= 0.3 is 5.97 Å². The number of carbonyl (C=O) groups is 2. The zero-order valence-corrected chi connectivity index (χ0v) is 17.4. The van der Waals surface area contributed by atoms with Crippen LogP contribution in [0.5, 0.6) is 11.5 Å². The number of hydrogen-bond donors (Lipinski definition) is 2. The van der Waals surface area contributed by atoms with Crippen LogP contribution in [0.15, 0.2) is 18.2 Å². The van der Waals surface area contributed by atoms with E-state index in [1.165, 1.54) is 19.9 Å². The zero-order chi connectivity index (χ0) is 21.2. The average molecular weight is 414 g/mol. The number of sulfonamides is 1. The van der Waals surface area contributed by atoms with E-state index in [1.807, 2.05) is 0 Å². The van der Waals surface area contributed by atoms with Crippen molar-refractivity contribution in [1.29, 1.82) is 0 Å². The maximum atomic E-state index is 11.8. The van der Waals surface area contributed by atoms with Crippen molar-refractivity contribution in [2.75, 3.05) is 30.7 Å². The van der Waals surface area contributed by atoms with Crippen molar-refractivity contribution in [3.05, 3.63) is 18.2 Å². The molecule has 0 amide bonds. The number of anilines is 1. The SMILES string of the molecule is CC(=O)OC1(CNC(C)(C)C(C)=O)COc2ccc(NS(C)(=O)=O)cc2OC1. The molecule has 0 fully saturated rings. The number of ketones is 1. The largest absolute Gasteiger partial charge is 0.485 e. The van der Waals surface area contributed by atoms with Crippen LogP contribution >= 0.6 is 0 Å². The Bertz CT molecular complexity index is 867. The molecule has 2 rings (SSSR count). The summed E-state index contributed by atoms with van der Waals surface area (Å²) < 4.78 is 42.3. The molecule has 0 aliphatic carbocycles. The number of fused-ring (bicyclic) bond motifs is 1. The van der Waals surface area contributed by atoms with Crippen LogP contribution in [-0.4, -0.2) is 57.3 Å². The fourth-order valence-corrected chi connectivity index (χ4v) is 3.04. The van der Waals surface area contributed by atoms with E-state index >= 15 is 0 Å². The molecule has 2 N–H and O–H groups in total. The highest BCUT2D eigenvalue weighted by Crippen LogP contribution is 2.35. The minimum atomic E-state index is -3.44. The van der Waals surface area contributed by atoms with Crippen LogP contribution in [0.25, 0.3) is 0 Å². The molecule has 1 unspecified atom stereocenters. The number of carbonyl (C=O) groups excluding carboxylic acids is 2. The molecular weight excluding hydrogens is 388 g/mol. The van der Waals surface area contributed by atoms with Crippen molar-refractivity contribution in [2.45, 2.75) is 38.8 Å². The first kappa shape index (κ1) is 22.0. The van der Waals surface area contributed by atoms with Crippen LogP contribution in [0.2, 0.25) is 0 Å². The van der Waals surface area contributed by atoms with E-state index < -0.39 is 27.1 Å². The van der Waals surface area contributed by atoms with Gasteiger partial charge in [0.2, 0.25) is 10.0 Å². The molecule has 0 bridgehead atoms. The minimum Gasteiger partial charge on any atom is -0.485 e. The second kappa shape index (κ2) is 7.96. The highest BCUT2D eigenvalue weighted by molar-refractivity contribution is 7.92. The van der Waals surface area contributed by atoms with E-state index in [0.717, 1.165) is 6.26 Å². The molecule has 1 heterocycles. The molecule has 9 nitrogen and oxygen atoms in total. The van der Waals surface area contributed by atoms with Crippen LogP contribution in [0, 0.1) is 0 Å². The van der Waals surface area contributed by atoms with Gasteiger partial charge in [-0.15, -0.1) is 0 Å². The fraction of sp³-hybridized carbons (Fsp3) is 0.556. The number of rotatable bonds is 7. The van der Waals surface area contributed by atoms with Gasteiger partial charge in [-0.3, -0.25) is 14.3 Å². The molecule has 10 heteroatoms. The number of hydrogen-bond acceptors (Lipinski definition) is 8. The molecule has 1 aromatic rings. The van der Waals surface area contributed by atoms with Crippen molar-refractivity contribution in [3.8, 4) is 11.5 Å². The summed E-state index contributed by atoms with van der Waals surface area (Å²) in [5.41, 5.74) is -1.67. The quantitative estimate of drug-likeness (QED) is 0.636. The summed E-state index contributed by atoms with van der Waals surface area (Å²) in [6, 6.07) is 4.60. The smallest absolute Gasteiger partial charge is 0.303 e. The Hall–Kier alpha value is -2.33. The van der Waals surface area contributed by atoms with Gasteiger partial charge in [-0.1, -0.05) is 0 Å². The van der Waals surface area contributed by atoms with Crippen LogP contribution in [0.3, 0.4) is 0 Å². The van der Waals surface area contributed by atoms with E-state index in [-0.39, 0.29) is 25.5 Å². The first-order valence-corrected chi connectivity index (χ1v) is 10.5. The van der Waals surface area contributed by atoms with Gasteiger partial charge in [0.15, 0.2) is 17.1 Å². The molecule has 0 aromatic heterocycles. The van der Waals surface area contributed by atoms with Gasteiger partial charge in [-0.2, -0.15) is 0 Å². The normalized spacial score (nSPS) is 19.5. The summed E-state index contributed by atoms with van der Waals surface area (Å²) in [6.07, 6.45) is 1.05. The summed E-state index contributed by atoms with van der Waals surface area (Å²) >= 11 is 0. The van der Waals surface area contributed by atoms with Gasteiger partial charge in [-0.05, 0) is 32.9 Å². The first-order chi connectivity index (χ1) is 12.8. The summed E-state index contributed by atoms with van der Waals surface area (Å²) in [5, 5.41) is 3.09. The molecule has 0 saturated carbocycles. The molecule has 0 saturated heterocycles. The molecule has 1 aliphatic heterocycles. The highest BCUT2D eigenvalue weighted by Gasteiger charge is 2.40. The van der Waals surface area contributed by atoms with Gasteiger partial charge in [0.1, 0.15) is 19.0 Å². The summed E-state index contributed by atoms with van der Waals surface area (Å²) in [6.45, 7) is 6.30. The van der Waals surface area contributed by atoms with Gasteiger partial charge in [0, 0.05) is 19.5 Å². The standard InChI is InChI=1S/C18H26N2O7S/c1-12(21)17(3,4)19-9-18(27-13(2)22)10-25-15-7-6-14(20-28(5,23)24)8-16(15)26-11-18/h6-8,19-20H,9-11H2,1-5H3. The molecule has 156 valence electrons. The summed E-state index contributed by atoms with van der Waals surface area (Å²) in [4.78, 5) is 23.4. The second-order valence-corrected chi connectivity index (χ2v) is 9.17. The predicted octanol–water partition coefficient (Wildman–Crippen LogP) is 1.09. The number of nitrogens with one attached hydrogen (secondary N) is 2. The average Bonchev–Trinajstić information content (AvgIpc) is 2.71. The van der Waals surface area contributed by atoms with E-state index in [9.17, 15) is 18.0 Å². The lowest BCUT2D eigenvalue weighted by Gasteiger charge is -2.34. The number of benzene rings is 1. The molecule has 1 aromatic carbocycles. The number of Topliss-reactive ketones (excluding diaryl/α,β-unsaturated/α-hetero) is 1. The van der Waals surface area contributed by atoms with Crippen LogP contribution in [0.1, 0.15) is 27.7 Å². The van der Waals surface area contributed by atoms with Crippen LogP contribution in [0.4, 0.5) is 5.69 Å². The van der Waals surface area contributed by atoms with Crippen molar-refractivity contribution in [2.24, 2.45) is 0 Å². The third-order valence-corrected chi connectivity index (χ3v) is 4.93. The maximum absolute atomic E-state index is 11.8. The van der Waals surface area contributed by atoms with E-state index in [0.29, 0.717) is 17.2 Å². The Balaban J connectivity index is 2.23. The van der Waals surface area contributed by atoms with Gasteiger partial charge in [-0.25, -0.2) is 8.42 Å². The second-order valence-electron chi connectivity index (χ2n) is 7.42. The monoisotopic (exact) mass is 414 g/mol. The van der Waals surface area contributed by atoms with Crippen molar-refractivity contribution >= 4 is 27.5 Å². The topological polar surface area (TPSA) is 120 Å². The number of ether oxygens (including phenoxy) is 3. The van der Waals surface area contributed by atoms with Gasteiger partial charge < -0.3 is 19.5 Å². The van der Waals surface area contributed by atoms with Crippen molar-refractivity contribution in [1.82, 2.24) is 5.32 Å². The van der Waals surface area contributed by atoms with E-state index in [2.05, 4.69) is 10.0 Å². The Morgan fingerprint density at radius 3 is 2.32 bits per heavy atom. The predicted molar refractivity (Wildman–Crippen MR) is 103 cm³/mol. The zero-order valence-electron chi connectivity index (χ0n) is 16.6. The minimum absolute atomic E-state index is 0.000579. The Morgan fingerprint density at radius 2 is 1.79 bits per heavy atom. The van der Waals surface area contributed by atoms with Crippen molar-refractivity contribution < 1.29 is 32.2 Å². The molecule has 28 heavy (non-hydrogen) atoms. The Morgan fingerprint density at radius 1 is 1.18 bits per heavy atom. The van der Waals surface area contributed by atoms with Gasteiger partial charge in [0.05, 0.1) is 17.5 Å². The van der Waals surface area contributed by atoms with Crippen LogP contribution < -0.4 is 19.5 Å². The molecule has 0 spiro atoms. The summed E-state index contributed by atoms with van der Waals surface area (Å²) in [7, 11) is -3.44. The van der Waals surface area contributed by atoms with Gasteiger partial charge in [0.25, 0.3) is 0 Å². The maximum Gasteiger partial charge on any atom is 0.303 e. The summed E-state index contributed by atoms with van der Waals surface area (Å²) in [5.74, 6) is 0.119. The lowest BCUT2D eigenvalue weighted by atomic mass is 9.98. The molecule has 1 atom stereocenters. The number of esters is 1. The van der Waals surface area contributed by atoms with Crippen LogP contribution in [-0.2, 0) is 24.3 Å². The Kier molecular flexibility index (Phi) is 6.24. The third kappa shape index (κ3) is 5.83.